The third-order valence-corrected chi connectivity index (χ3v) is 4.35. The standard InChI is InChI=1S/C17H22FNO3/c1-17(2,3)7-13(21)19-8-10(9-20)15-14(19)11-5-4-6-12(18)16(11)22-15/h4-6,10,14-15,20H,7-9H2,1-3H3/t10-,14-,15-/m0/s1. The molecule has 0 saturated carbocycles. The van der Waals surface area contributed by atoms with E-state index >= 15 is 0 Å². The second kappa shape index (κ2) is 5.23. The van der Waals surface area contributed by atoms with Crippen molar-refractivity contribution in [2.24, 2.45) is 11.3 Å². The molecule has 1 saturated heterocycles. The molecule has 1 amide bonds. The highest BCUT2D eigenvalue weighted by atomic mass is 19.1. The highest BCUT2D eigenvalue weighted by Gasteiger charge is 2.51. The Kier molecular flexibility index (Phi) is 3.63. The fraction of sp³-hybridized carbons (Fsp3) is 0.588. The number of amides is 1. The molecule has 1 aromatic carbocycles. The monoisotopic (exact) mass is 307 g/mol. The Bertz CT molecular complexity index is 596. The van der Waals surface area contributed by atoms with Gasteiger partial charge in [-0.1, -0.05) is 32.9 Å². The van der Waals surface area contributed by atoms with E-state index in [1.54, 1.807) is 17.0 Å². The molecule has 120 valence electrons. The summed E-state index contributed by atoms with van der Waals surface area (Å²) in [5.74, 6) is -0.337. The molecule has 1 aromatic rings. The molecule has 1 fully saturated rings. The van der Waals surface area contributed by atoms with Gasteiger partial charge < -0.3 is 14.7 Å². The molecule has 3 rings (SSSR count). The lowest BCUT2D eigenvalue weighted by molar-refractivity contribution is -0.134. The largest absolute Gasteiger partial charge is 0.484 e. The van der Waals surface area contributed by atoms with Gasteiger partial charge >= 0.3 is 0 Å². The van der Waals surface area contributed by atoms with E-state index in [1.165, 1.54) is 6.07 Å². The van der Waals surface area contributed by atoms with E-state index < -0.39 is 5.82 Å². The van der Waals surface area contributed by atoms with Crippen molar-refractivity contribution in [2.75, 3.05) is 13.2 Å². The average molecular weight is 307 g/mol. The second-order valence-corrected chi connectivity index (χ2v) is 7.41. The maximum absolute atomic E-state index is 13.9. The number of para-hydroxylation sites is 1. The first kappa shape index (κ1) is 15.3. The van der Waals surface area contributed by atoms with Crippen molar-refractivity contribution in [2.45, 2.75) is 39.3 Å². The molecule has 0 radical (unpaired) electrons. The second-order valence-electron chi connectivity index (χ2n) is 7.41. The summed E-state index contributed by atoms with van der Waals surface area (Å²) < 4.78 is 19.7. The summed E-state index contributed by atoms with van der Waals surface area (Å²) in [6.45, 7) is 6.43. The Morgan fingerprint density at radius 1 is 1.45 bits per heavy atom. The minimum Gasteiger partial charge on any atom is -0.484 e. The van der Waals surface area contributed by atoms with Crippen LogP contribution in [0.5, 0.6) is 5.75 Å². The Labute approximate surface area is 129 Å². The molecule has 1 N–H and O–H groups in total. The first-order valence-corrected chi connectivity index (χ1v) is 7.67. The molecule has 0 unspecified atom stereocenters. The van der Waals surface area contributed by atoms with Crippen molar-refractivity contribution in [1.82, 2.24) is 4.90 Å². The summed E-state index contributed by atoms with van der Waals surface area (Å²) in [6, 6.07) is 4.51. The number of carbonyl (C=O) groups excluding carboxylic acids is 1. The van der Waals surface area contributed by atoms with E-state index in [4.69, 9.17) is 4.74 Å². The summed E-state index contributed by atoms with van der Waals surface area (Å²) >= 11 is 0. The van der Waals surface area contributed by atoms with Crippen LogP contribution in [0.4, 0.5) is 4.39 Å². The number of benzene rings is 1. The van der Waals surface area contributed by atoms with Crippen LogP contribution in [0.2, 0.25) is 0 Å². The van der Waals surface area contributed by atoms with Gasteiger partial charge in [0, 0.05) is 24.4 Å². The number of hydrogen-bond acceptors (Lipinski definition) is 3. The lowest BCUT2D eigenvalue weighted by Crippen LogP contribution is -2.34. The van der Waals surface area contributed by atoms with Crippen molar-refractivity contribution in [3.8, 4) is 5.75 Å². The smallest absolute Gasteiger partial charge is 0.223 e. The number of rotatable bonds is 2. The van der Waals surface area contributed by atoms with E-state index in [9.17, 15) is 14.3 Å². The number of aliphatic hydroxyl groups excluding tert-OH is 1. The molecule has 0 spiro atoms. The van der Waals surface area contributed by atoms with Crippen LogP contribution in [0.15, 0.2) is 18.2 Å². The normalized spacial score (nSPS) is 26.6. The predicted molar refractivity (Wildman–Crippen MR) is 79.9 cm³/mol. The number of likely N-dealkylation sites (tertiary alicyclic amines) is 1. The van der Waals surface area contributed by atoms with Gasteiger partial charge in [0.1, 0.15) is 6.10 Å². The fourth-order valence-corrected chi connectivity index (χ4v) is 3.40. The summed E-state index contributed by atoms with van der Waals surface area (Å²) in [5, 5.41) is 9.58. The zero-order chi connectivity index (χ0) is 16.1. The maximum atomic E-state index is 13.9. The highest BCUT2D eigenvalue weighted by molar-refractivity contribution is 5.78. The molecular weight excluding hydrogens is 285 g/mol. The number of hydrogen-bond donors (Lipinski definition) is 1. The first-order valence-electron chi connectivity index (χ1n) is 7.67. The molecule has 0 aliphatic carbocycles. The van der Waals surface area contributed by atoms with E-state index in [1.807, 2.05) is 20.8 Å². The molecule has 5 heteroatoms. The molecule has 2 aliphatic heterocycles. The van der Waals surface area contributed by atoms with Crippen LogP contribution in [0, 0.1) is 17.2 Å². The molecule has 2 aliphatic rings. The van der Waals surface area contributed by atoms with Crippen LogP contribution in [0.3, 0.4) is 0 Å². The van der Waals surface area contributed by atoms with E-state index in [-0.39, 0.29) is 41.7 Å². The SMILES string of the molecule is CC(C)(C)CC(=O)N1C[C@@H](CO)[C@@H]2Oc3c(F)cccc3[C@@H]21. The number of carbonyl (C=O) groups is 1. The van der Waals surface area contributed by atoms with Gasteiger partial charge in [-0.3, -0.25) is 4.79 Å². The topological polar surface area (TPSA) is 49.8 Å². The van der Waals surface area contributed by atoms with Crippen molar-refractivity contribution >= 4 is 5.91 Å². The minimum atomic E-state index is -0.410. The fourth-order valence-electron chi connectivity index (χ4n) is 3.40. The lowest BCUT2D eigenvalue weighted by Gasteiger charge is -2.27. The number of ether oxygens (including phenoxy) is 1. The Balaban J connectivity index is 1.94. The summed E-state index contributed by atoms with van der Waals surface area (Å²) in [6.07, 6.45) is 0.0553. The minimum absolute atomic E-state index is 0.0270. The molecule has 22 heavy (non-hydrogen) atoms. The third-order valence-electron chi connectivity index (χ3n) is 4.35. The number of fused-ring (bicyclic) bond motifs is 3. The van der Waals surface area contributed by atoms with Crippen LogP contribution in [0.25, 0.3) is 0 Å². The van der Waals surface area contributed by atoms with Crippen molar-refractivity contribution in [3.63, 3.8) is 0 Å². The van der Waals surface area contributed by atoms with E-state index in [2.05, 4.69) is 0 Å². The van der Waals surface area contributed by atoms with E-state index in [0.717, 1.165) is 0 Å². The summed E-state index contributed by atoms with van der Waals surface area (Å²) in [5.41, 5.74) is 0.594. The Morgan fingerprint density at radius 3 is 2.82 bits per heavy atom. The van der Waals surface area contributed by atoms with Crippen molar-refractivity contribution in [3.05, 3.63) is 29.6 Å². The molecule has 0 aromatic heterocycles. The lowest BCUT2D eigenvalue weighted by atomic mass is 9.91. The Hall–Kier alpha value is -1.62. The first-order chi connectivity index (χ1) is 10.3. The molecule has 2 heterocycles. The van der Waals surface area contributed by atoms with Crippen LogP contribution < -0.4 is 4.74 Å². The zero-order valence-corrected chi connectivity index (χ0v) is 13.2. The van der Waals surface area contributed by atoms with Crippen LogP contribution >= 0.6 is 0 Å². The van der Waals surface area contributed by atoms with Crippen LogP contribution in [-0.2, 0) is 4.79 Å². The van der Waals surface area contributed by atoms with Gasteiger partial charge in [0.25, 0.3) is 0 Å². The molecule has 0 bridgehead atoms. The van der Waals surface area contributed by atoms with Gasteiger partial charge in [-0.25, -0.2) is 4.39 Å². The third kappa shape index (κ3) is 2.47. The van der Waals surface area contributed by atoms with E-state index in [0.29, 0.717) is 18.5 Å². The predicted octanol–water partition coefficient (Wildman–Crippen LogP) is 2.51. The Morgan fingerprint density at radius 2 is 2.18 bits per heavy atom. The van der Waals surface area contributed by atoms with Crippen molar-refractivity contribution in [1.29, 1.82) is 0 Å². The van der Waals surface area contributed by atoms with Gasteiger partial charge in [-0.05, 0) is 11.5 Å². The summed E-state index contributed by atoms with van der Waals surface area (Å²) in [7, 11) is 0. The summed E-state index contributed by atoms with van der Waals surface area (Å²) in [4.78, 5) is 14.4. The molecular formula is C17H22FNO3. The highest BCUT2D eigenvalue weighted by Crippen LogP contribution is 2.48. The number of nitrogens with zero attached hydrogens (tertiary/aromatic N) is 1. The van der Waals surface area contributed by atoms with Crippen LogP contribution in [0.1, 0.15) is 38.8 Å². The van der Waals surface area contributed by atoms with Crippen LogP contribution in [-0.4, -0.2) is 35.2 Å². The number of halogens is 1. The van der Waals surface area contributed by atoms with Gasteiger partial charge in [0.2, 0.25) is 5.91 Å². The molecule has 4 nitrogen and oxygen atoms in total. The van der Waals surface area contributed by atoms with Gasteiger partial charge in [0.05, 0.1) is 12.6 Å². The maximum Gasteiger partial charge on any atom is 0.223 e. The van der Waals surface area contributed by atoms with Crippen molar-refractivity contribution < 1.29 is 19.0 Å². The molecule has 3 atom stereocenters. The average Bonchev–Trinajstić information content (AvgIpc) is 2.94. The van der Waals surface area contributed by atoms with Gasteiger partial charge in [0.15, 0.2) is 11.6 Å². The number of aliphatic hydroxyl groups is 1. The van der Waals surface area contributed by atoms with Gasteiger partial charge in [-0.2, -0.15) is 0 Å². The quantitative estimate of drug-likeness (QED) is 0.913. The van der Waals surface area contributed by atoms with Gasteiger partial charge in [-0.15, -0.1) is 0 Å². The zero-order valence-electron chi connectivity index (χ0n) is 13.2.